The predicted octanol–water partition coefficient (Wildman–Crippen LogP) is 6.11. The zero-order chi connectivity index (χ0) is 44.8. The fourth-order valence-corrected chi connectivity index (χ4v) is 9.52. The number of rotatable bonds is 15. The highest BCUT2D eigenvalue weighted by Gasteiger charge is 2.62. The van der Waals surface area contributed by atoms with Gasteiger partial charge in [0, 0.05) is 39.4 Å². The first kappa shape index (κ1) is 44.4. The van der Waals surface area contributed by atoms with Crippen LogP contribution in [0.4, 0.5) is 5.69 Å². The zero-order valence-electron chi connectivity index (χ0n) is 35.7. The average molecular weight is 885 g/mol. The van der Waals surface area contributed by atoms with E-state index in [0.29, 0.717) is 45.6 Å². The van der Waals surface area contributed by atoms with Crippen LogP contribution in [0, 0.1) is 11.3 Å². The van der Waals surface area contributed by atoms with E-state index >= 15 is 4.79 Å². The Hall–Kier alpha value is -5.67. The minimum absolute atomic E-state index is 0.00783. The molecule has 4 N–H and O–H groups in total. The number of fused-ring (bicyclic) bond motifs is 1. The maximum atomic E-state index is 15.0. The molecule has 3 aliphatic rings. The molecule has 2 saturated carbocycles. The maximum absolute atomic E-state index is 15.0. The minimum Gasteiger partial charge on any atom is -0.494 e. The fourth-order valence-electron chi connectivity index (χ4n) is 7.99. The number of nitrogens with zero attached hydrogens (tertiary/aromatic N) is 2. The van der Waals surface area contributed by atoms with E-state index in [1.54, 1.807) is 42.5 Å². The Morgan fingerprint density at radius 1 is 0.984 bits per heavy atom. The molecule has 4 aromatic rings. The van der Waals surface area contributed by atoms with Crippen molar-refractivity contribution in [1.29, 1.82) is 0 Å². The molecule has 62 heavy (non-hydrogen) atoms. The first-order valence-corrected chi connectivity index (χ1v) is 22.5. The van der Waals surface area contributed by atoms with Crippen LogP contribution in [-0.4, -0.2) is 84.6 Å². The van der Waals surface area contributed by atoms with Crippen LogP contribution in [-0.2, 0) is 29.9 Å². The number of ether oxygens (including phenoxy) is 2. The number of aromatic nitrogens is 1. The van der Waals surface area contributed by atoms with Gasteiger partial charge in [-0.1, -0.05) is 74.8 Å². The standard InChI is InChI=1S/C46H53ClN6O8S/c1-8-28-24-46(28,43(57)52-62(58,59)33-18-19-33)51-40(55)36-23-32(61-41-35-22-30(47)17-20-34(35)37(60-7)25-48-41)26-53(36)42(56)38(44(2,3)4)49-31-16-12-13-27(21-31)39(54)50-45(5,6)29-14-10-9-11-15-29/h8-17,20-22,25,28,32-33,36,38,49H,1,18-19,23-24,26H2,2-7H3,(H,50,54)(H,51,55)(H,52,57)/t28-,32-,36+,38-,46-/m1/s1. The lowest BCUT2D eigenvalue weighted by molar-refractivity contribution is -0.141. The number of amides is 4. The van der Waals surface area contributed by atoms with E-state index in [0.717, 1.165) is 5.56 Å². The lowest BCUT2D eigenvalue weighted by atomic mass is 9.85. The zero-order valence-corrected chi connectivity index (χ0v) is 37.2. The van der Waals surface area contributed by atoms with Gasteiger partial charge < -0.3 is 30.3 Å². The van der Waals surface area contributed by atoms with Gasteiger partial charge in [-0.3, -0.25) is 23.9 Å². The molecule has 3 aromatic carbocycles. The molecule has 328 valence electrons. The van der Waals surface area contributed by atoms with Gasteiger partial charge in [0.05, 0.1) is 30.6 Å². The number of carbonyl (C=O) groups excluding carboxylic acids is 4. The Labute approximate surface area is 367 Å². The molecule has 1 aromatic heterocycles. The number of pyridine rings is 1. The van der Waals surface area contributed by atoms with Gasteiger partial charge in [-0.25, -0.2) is 13.4 Å². The Kier molecular flexibility index (Phi) is 12.1. The molecule has 0 bridgehead atoms. The van der Waals surface area contributed by atoms with Gasteiger partial charge in [0.2, 0.25) is 27.7 Å². The van der Waals surface area contributed by atoms with Crippen molar-refractivity contribution in [3.8, 4) is 11.6 Å². The fraction of sp³-hybridized carbons (Fsp3) is 0.413. The summed E-state index contributed by atoms with van der Waals surface area (Å²) >= 11 is 6.40. The molecule has 1 saturated heterocycles. The van der Waals surface area contributed by atoms with Gasteiger partial charge in [-0.2, -0.15) is 0 Å². The molecular weight excluding hydrogens is 832 g/mol. The van der Waals surface area contributed by atoms with E-state index < -0.39 is 73.6 Å². The highest BCUT2D eigenvalue weighted by atomic mass is 35.5. The largest absolute Gasteiger partial charge is 0.494 e. The summed E-state index contributed by atoms with van der Waals surface area (Å²) in [4.78, 5) is 62.8. The number of hydrogen-bond acceptors (Lipinski definition) is 10. The second kappa shape index (κ2) is 16.9. The van der Waals surface area contributed by atoms with E-state index in [2.05, 4.69) is 32.2 Å². The number of methoxy groups -OCH3 is 1. The number of anilines is 1. The molecular formula is C46H53ClN6O8S. The van der Waals surface area contributed by atoms with Gasteiger partial charge in [-0.15, -0.1) is 6.58 Å². The van der Waals surface area contributed by atoms with Crippen molar-refractivity contribution < 1.29 is 37.1 Å². The molecule has 14 nitrogen and oxygen atoms in total. The van der Waals surface area contributed by atoms with Gasteiger partial charge >= 0.3 is 0 Å². The van der Waals surface area contributed by atoms with E-state index in [4.69, 9.17) is 21.1 Å². The molecule has 0 radical (unpaired) electrons. The van der Waals surface area contributed by atoms with Crippen molar-refractivity contribution in [3.05, 3.63) is 108 Å². The van der Waals surface area contributed by atoms with Crippen molar-refractivity contribution in [2.45, 2.75) is 94.8 Å². The smallest absolute Gasteiger partial charge is 0.259 e. The quantitative estimate of drug-likeness (QED) is 0.102. The minimum atomic E-state index is -3.93. The van der Waals surface area contributed by atoms with Crippen LogP contribution >= 0.6 is 11.6 Å². The Morgan fingerprint density at radius 3 is 2.35 bits per heavy atom. The highest BCUT2D eigenvalue weighted by molar-refractivity contribution is 7.91. The number of sulfonamides is 1. The van der Waals surface area contributed by atoms with Gasteiger partial charge in [0.25, 0.3) is 11.8 Å². The van der Waals surface area contributed by atoms with E-state index in [-0.39, 0.29) is 31.2 Å². The second-order valence-electron chi connectivity index (χ2n) is 18.0. The summed E-state index contributed by atoms with van der Waals surface area (Å²) < 4.78 is 39.9. The van der Waals surface area contributed by atoms with E-state index in [9.17, 15) is 22.8 Å². The third kappa shape index (κ3) is 9.24. The van der Waals surface area contributed by atoms with Gasteiger partial charge in [0.15, 0.2) is 0 Å². The van der Waals surface area contributed by atoms with Crippen LogP contribution < -0.4 is 30.1 Å². The van der Waals surface area contributed by atoms with Crippen LogP contribution in [0.3, 0.4) is 0 Å². The molecule has 4 amide bonds. The van der Waals surface area contributed by atoms with Crippen molar-refractivity contribution in [3.63, 3.8) is 0 Å². The number of benzene rings is 3. The number of nitrogens with one attached hydrogen (secondary N) is 4. The molecule has 5 atom stereocenters. The first-order chi connectivity index (χ1) is 29.3. The molecule has 7 rings (SSSR count). The highest BCUT2D eigenvalue weighted by Crippen LogP contribution is 2.46. The summed E-state index contributed by atoms with van der Waals surface area (Å²) in [7, 11) is -2.40. The summed E-state index contributed by atoms with van der Waals surface area (Å²) in [6.45, 7) is 13.3. The number of halogens is 1. The van der Waals surface area contributed by atoms with Crippen LogP contribution in [0.1, 0.15) is 76.2 Å². The molecule has 0 spiro atoms. The molecule has 2 heterocycles. The summed E-state index contributed by atoms with van der Waals surface area (Å²) in [5, 5.41) is 10.3. The maximum Gasteiger partial charge on any atom is 0.259 e. The van der Waals surface area contributed by atoms with Crippen molar-refractivity contribution in [1.82, 2.24) is 25.2 Å². The van der Waals surface area contributed by atoms with Gasteiger partial charge in [-0.05, 0) is 80.5 Å². The summed E-state index contributed by atoms with van der Waals surface area (Å²) in [5.74, 6) is -2.07. The number of carbonyl (C=O) groups is 4. The first-order valence-electron chi connectivity index (χ1n) is 20.6. The van der Waals surface area contributed by atoms with E-state index in [1.165, 1.54) is 24.3 Å². The summed E-state index contributed by atoms with van der Waals surface area (Å²) in [6, 6.07) is 19.6. The molecule has 16 heteroatoms. The van der Waals surface area contributed by atoms with Gasteiger partial charge in [0.1, 0.15) is 29.5 Å². The van der Waals surface area contributed by atoms with Crippen LogP contribution in [0.5, 0.6) is 11.6 Å². The van der Waals surface area contributed by atoms with Crippen molar-refractivity contribution in [2.75, 3.05) is 19.0 Å². The number of hydrogen-bond donors (Lipinski definition) is 4. The van der Waals surface area contributed by atoms with E-state index in [1.807, 2.05) is 65.0 Å². The monoisotopic (exact) mass is 884 g/mol. The molecule has 3 fully saturated rings. The predicted molar refractivity (Wildman–Crippen MR) is 237 cm³/mol. The lowest BCUT2D eigenvalue weighted by Crippen LogP contribution is -2.58. The average Bonchev–Trinajstić information content (AvgIpc) is 4.16. The normalized spacial score (nSPS) is 21.7. The molecule has 2 aliphatic carbocycles. The third-order valence-electron chi connectivity index (χ3n) is 11.8. The van der Waals surface area contributed by atoms with Crippen LogP contribution in [0.2, 0.25) is 5.02 Å². The Morgan fingerprint density at radius 2 is 1.71 bits per heavy atom. The molecule has 0 unspecified atom stereocenters. The lowest BCUT2D eigenvalue weighted by Gasteiger charge is -2.36. The third-order valence-corrected chi connectivity index (χ3v) is 13.9. The van der Waals surface area contributed by atoms with Crippen LogP contribution in [0.25, 0.3) is 10.8 Å². The molecule has 1 aliphatic heterocycles. The number of likely N-dealkylation sites (tertiary alicyclic amines) is 1. The second-order valence-corrected chi connectivity index (χ2v) is 20.4. The Bertz CT molecular complexity index is 2530. The van der Waals surface area contributed by atoms with Crippen LogP contribution in [0.15, 0.2) is 91.6 Å². The van der Waals surface area contributed by atoms with Crippen molar-refractivity contribution >= 4 is 61.7 Å². The SMILES string of the molecule is C=C[C@@H]1C[C@]1(NC(=O)[C@@H]1C[C@@H](Oc2ncc(OC)c3ccc(Cl)cc23)CN1C(=O)[C@@H](Nc1cccc(C(=O)NC(C)(C)c2ccccc2)c1)C(C)(C)C)C(=O)NS(=O)(=O)C1CC1. The summed E-state index contributed by atoms with van der Waals surface area (Å²) in [6.07, 6.45) is 3.31. The Balaban J connectivity index is 1.18. The summed E-state index contributed by atoms with van der Waals surface area (Å²) in [5.41, 5.74) is -1.18. The van der Waals surface area contributed by atoms with Crippen molar-refractivity contribution in [2.24, 2.45) is 11.3 Å². The topological polar surface area (TPSA) is 185 Å².